The topological polar surface area (TPSA) is 408 Å². The molecule has 0 spiro atoms. The van der Waals surface area contributed by atoms with Gasteiger partial charge in [0, 0.05) is 94.9 Å². The van der Waals surface area contributed by atoms with Crippen molar-refractivity contribution >= 4 is 23.4 Å². The van der Waals surface area contributed by atoms with E-state index in [0.717, 1.165) is 0 Å². The molecule has 6 heterocycles. The Bertz CT molecular complexity index is 2830. The van der Waals surface area contributed by atoms with Crippen LogP contribution in [0.15, 0.2) is 10.3 Å². The average molecular weight is 1510 g/mol. The second kappa shape index (κ2) is 36.7. The lowest BCUT2D eigenvalue weighted by Crippen LogP contribution is -2.62. The summed E-state index contributed by atoms with van der Waals surface area (Å²) in [6.45, 7) is 33.9. The van der Waals surface area contributed by atoms with Crippen LogP contribution in [0, 0.1) is 47.3 Å². The van der Waals surface area contributed by atoms with Crippen LogP contribution in [0.2, 0.25) is 0 Å². The molecule has 6 aliphatic heterocycles. The quantitative estimate of drug-likeness (QED) is 0.0511. The summed E-state index contributed by atoms with van der Waals surface area (Å²) in [6.07, 6.45) is -22.4. The molecule has 0 aromatic heterocycles. The van der Waals surface area contributed by atoms with Gasteiger partial charge in [0.1, 0.15) is 47.8 Å². The number of carbonyl (C=O) groups excluding carboxylic acids is 2. The standard InChI is InChI=1S/C75H136N4O26/c1-26-50-74(19,89)60(82)40(7)54(76-91)36(3)32-70(15,88)64(42(9)58(44(11)66(86)100-50)102-52-34-71(16,93-23)62(84)46(13)98-52)104-68-56(80)48(30-38(5)96-68)78(21)28-29-79(22)49-31-39(6)97-69(57(49)81)105-65-43(10)59(103-53-35-72(17,94-24)63(85)47(14)99-53)45(12)67(87)101-51(27-2)75(20,90)61(83)41(8)55(77-92)37(4)33-73(65,18)95-25/h36-53,56-65,68-69,80-85,88-92H,26-35H2,1-25H3/b76-54+,77-55+/t36-,37-,38?,39?,40+,41+,42+,43+,44-,45-,46?,47?,48?,49?,50-,51-,52?,53?,56?,57?,58+,59+,60-,61-,62?,63?,64-,65-,68?,69?,70+,71?,72?,73+,74-,75-/m1/s1. The summed E-state index contributed by atoms with van der Waals surface area (Å²) in [6, 6.07) is -1.27. The predicted octanol–water partition coefficient (Wildman–Crippen LogP) is 4.50. The van der Waals surface area contributed by atoms with E-state index in [4.69, 9.17) is 61.6 Å². The summed E-state index contributed by atoms with van der Waals surface area (Å²) in [4.78, 5) is 33.5. The molecular formula is C75H136N4O26. The van der Waals surface area contributed by atoms with E-state index in [0.29, 0.717) is 25.9 Å². The molecule has 0 amide bonds. The lowest BCUT2D eigenvalue weighted by molar-refractivity contribution is -0.320. The molecule has 0 aliphatic carbocycles. The van der Waals surface area contributed by atoms with E-state index in [-0.39, 0.29) is 49.9 Å². The Hall–Kier alpha value is -3.00. The van der Waals surface area contributed by atoms with Crippen LogP contribution in [0.25, 0.3) is 0 Å². The first-order valence-electron chi connectivity index (χ1n) is 38.1. The minimum Gasteiger partial charge on any atom is -0.459 e. The van der Waals surface area contributed by atoms with Gasteiger partial charge >= 0.3 is 11.9 Å². The second-order valence-corrected chi connectivity index (χ2v) is 33.4. The van der Waals surface area contributed by atoms with Crippen LogP contribution >= 0.6 is 0 Å². The van der Waals surface area contributed by atoms with E-state index in [9.17, 15) is 66.0 Å². The third-order valence-corrected chi connectivity index (χ3v) is 25.0. The molecule has 11 N–H and O–H groups in total. The van der Waals surface area contributed by atoms with Gasteiger partial charge in [-0.2, -0.15) is 0 Å². The van der Waals surface area contributed by atoms with Gasteiger partial charge in [-0.1, -0.05) is 65.7 Å². The number of nitrogens with zero attached hydrogens (tertiary/aromatic N) is 4. The van der Waals surface area contributed by atoms with Crippen molar-refractivity contribution in [3.05, 3.63) is 0 Å². The van der Waals surface area contributed by atoms with Crippen LogP contribution in [0.3, 0.4) is 0 Å². The summed E-state index contributed by atoms with van der Waals surface area (Å²) in [5, 5.41) is 138. The van der Waals surface area contributed by atoms with E-state index < -0.39 is 228 Å². The maximum absolute atomic E-state index is 14.8. The number of aliphatic hydroxyl groups excluding tert-OH is 6. The first-order chi connectivity index (χ1) is 48.6. The zero-order valence-electron chi connectivity index (χ0n) is 67.2. The number of methoxy groups -OCH3 is 3. The summed E-state index contributed by atoms with van der Waals surface area (Å²) in [5.41, 5.74) is -9.63. The zero-order valence-corrected chi connectivity index (χ0v) is 67.2. The minimum atomic E-state index is -2.07. The van der Waals surface area contributed by atoms with Crippen molar-refractivity contribution in [2.75, 3.05) is 48.5 Å². The molecule has 30 nitrogen and oxygen atoms in total. The van der Waals surface area contributed by atoms with Crippen molar-refractivity contribution in [2.24, 2.45) is 57.7 Å². The summed E-state index contributed by atoms with van der Waals surface area (Å²) in [5.74, 6) is -9.34. The molecule has 612 valence electrons. The first-order valence-corrected chi connectivity index (χ1v) is 38.1. The van der Waals surface area contributed by atoms with Crippen LogP contribution in [-0.4, -0.2) is 307 Å². The Morgan fingerprint density at radius 2 is 0.810 bits per heavy atom. The van der Waals surface area contributed by atoms with Gasteiger partial charge in [0.2, 0.25) is 0 Å². The molecule has 36 atom stereocenters. The number of oxime groups is 2. The van der Waals surface area contributed by atoms with Crippen LogP contribution in [0.4, 0.5) is 0 Å². The van der Waals surface area contributed by atoms with Crippen LogP contribution in [0.5, 0.6) is 0 Å². The van der Waals surface area contributed by atoms with Gasteiger partial charge < -0.3 is 118 Å². The van der Waals surface area contributed by atoms with E-state index >= 15 is 0 Å². The zero-order chi connectivity index (χ0) is 79.5. The number of hydrogen-bond donors (Lipinski definition) is 11. The Kier molecular flexibility index (Phi) is 31.7. The van der Waals surface area contributed by atoms with Gasteiger partial charge in [-0.3, -0.25) is 19.4 Å². The van der Waals surface area contributed by atoms with Gasteiger partial charge in [0.05, 0.1) is 107 Å². The Morgan fingerprint density at radius 1 is 0.467 bits per heavy atom. The maximum atomic E-state index is 14.8. The molecule has 0 bridgehead atoms. The molecule has 6 fully saturated rings. The highest BCUT2D eigenvalue weighted by atomic mass is 16.7. The van der Waals surface area contributed by atoms with Gasteiger partial charge in [-0.15, -0.1) is 0 Å². The molecule has 0 aromatic carbocycles. The molecule has 16 unspecified atom stereocenters. The highest BCUT2D eigenvalue weighted by molar-refractivity contribution is 5.89. The van der Waals surface area contributed by atoms with E-state index in [1.807, 2.05) is 44.7 Å². The Labute approximate surface area is 622 Å². The monoisotopic (exact) mass is 1510 g/mol. The van der Waals surface area contributed by atoms with E-state index in [1.165, 1.54) is 42.1 Å². The fraction of sp³-hybridized carbons (Fsp3) is 0.947. The van der Waals surface area contributed by atoms with E-state index in [1.54, 1.807) is 96.9 Å². The van der Waals surface area contributed by atoms with Crippen molar-refractivity contribution in [3.63, 3.8) is 0 Å². The number of cyclic esters (lactones) is 2. The lowest BCUT2D eigenvalue weighted by atomic mass is 9.73. The van der Waals surface area contributed by atoms with Gasteiger partial charge in [0.15, 0.2) is 25.2 Å². The normalized spacial score (nSPS) is 49.6. The summed E-state index contributed by atoms with van der Waals surface area (Å²) < 4.78 is 84.1. The number of rotatable bonds is 18. The molecule has 105 heavy (non-hydrogen) atoms. The molecule has 0 saturated carbocycles. The number of ether oxygens (including phenoxy) is 13. The Morgan fingerprint density at radius 3 is 1.15 bits per heavy atom. The van der Waals surface area contributed by atoms with Gasteiger partial charge in [-0.05, 0) is 136 Å². The highest BCUT2D eigenvalue weighted by Crippen LogP contribution is 2.45. The number of hydrogen-bond acceptors (Lipinski definition) is 30. The van der Waals surface area contributed by atoms with E-state index in [2.05, 4.69) is 10.3 Å². The molecule has 6 aliphatic rings. The largest absolute Gasteiger partial charge is 0.459 e. The van der Waals surface area contributed by atoms with Gasteiger partial charge in [0.25, 0.3) is 0 Å². The fourth-order valence-corrected chi connectivity index (χ4v) is 17.9. The summed E-state index contributed by atoms with van der Waals surface area (Å²) >= 11 is 0. The van der Waals surface area contributed by atoms with Crippen LogP contribution < -0.4 is 0 Å². The van der Waals surface area contributed by atoms with Crippen molar-refractivity contribution in [3.8, 4) is 0 Å². The molecule has 6 rings (SSSR count). The van der Waals surface area contributed by atoms with Crippen molar-refractivity contribution in [1.29, 1.82) is 0 Å². The molecule has 0 radical (unpaired) electrons. The highest BCUT2D eigenvalue weighted by Gasteiger charge is 2.58. The van der Waals surface area contributed by atoms with Crippen LogP contribution in [-0.2, 0) is 71.2 Å². The van der Waals surface area contributed by atoms with Gasteiger partial charge in [-0.25, -0.2) is 0 Å². The Balaban J connectivity index is 1.33. The molecular weight excluding hydrogens is 1370 g/mol. The third-order valence-electron chi connectivity index (χ3n) is 25.0. The predicted molar refractivity (Wildman–Crippen MR) is 384 cm³/mol. The first kappa shape index (κ1) is 90.9. The lowest BCUT2D eigenvalue weighted by Gasteiger charge is -2.50. The number of aliphatic hydroxyl groups is 9. The van der Waals surface area contributed by atoms with Crippen LogP contribution in [0.1, 0.15) is 190 Å². The third kappa shape index (κ3) is 19.9. The number of carbonyl (C=O) groups is 2. The molecule has 30 heteroatoms. The SMILES string of the molecule is CC[C@H]1OC(=O)[C@H](C)[C@@H](OC2CC(C)(OC)C(O)C(C)O2)[C@H](C)[C@@H](OC2OC(C)CC(N(C)CCN(C)C3CC(C)OC(O[C@@H]4[C@@H](C)[C@H](OC5CC(C)(OC)C(O)C(C)O5)[C@@H](C)C(=O)O[C@H](CC)[C@@](C)(O)[C@H](O)[C@@H](C)/C(=N/O)[C@H](C)C[C@]4(C)OC)C3O)C2O)[C@@](C)(O)C[C@@H](C)/C(=N\O)[C@H](C)[C@@H](O)[C@]1(C)O. The summed E-state index contributed by atoms with van der Waals surface area (Å²) in [7, 11) is 8.13. The average Bonchev–Trinajstić information content (AvgIpc) is 0.794. The minimum absolute atomic E-state index is 0.00505. The fourth-order valence-electron chi connectivity index (χ4n) is 17.9. The maximum Gasteiger partial charge on any atom is 0.311 e. The van der Waals surface area contributed by atoms with Crippen molar-refractivity contribution < 1.29 is 128 Å². The second-order valence-electron chi connectivity index (χ2n) is 33.4. The smallest absolute Gasteiger partial charge is 0.311 e. The van der Waals surface area contributed by atoms with Crippen molar-refractivity contribution in [1.82, 2.24) is 9.80 Å². The number of likely N-dealkylation sites (N-methyl/N-ethyl adjacent to an activating group) is 2. The van der Waals surface area contributed by atoms with Crippen molar-refractivity contribution in [2.45, 2.75) is 358 Å². The molecule has 0 aromatic rings. The number of esters is 2. The molecule has 6 saturated heterocycles.